The normalized spacial score (nSPS) is 11.6. The van der Waals surface area contributed by atoms with E-state index in [1.54, 1.807) is 13.2 Å². The van der Waals surface area contributed by atoms with E-state index in [-0.39, 0.29) is 5.91 Å². The van der Waals surface area contributed by atoms with E-state index in [2.05, 4.69) is 5.32 Å². The highest BCUT2D eigenvalue weighted by molar-refractivity contribution is 5.91. The zero-order chi connectivity index (χ0) is 17.4. The summed E-state index contributed by atoms with van der Waals surface area (Å²) >= 11 is 0. The molecule has 2 N–H and O–H groups in total. The van der Waals surface area contributed by atoms with Gasteiger partial charge in [0.2, 0.25) is 0 Å². The minimum atomic E-state index is -0.0309. The summed E-state index contributed by atoms with van der Waals surface area (Å²) < 4.78 is 10.9. The predicted octanol–water partition coefficient (Wildman–Crippen LogP) is 1.54. The molecule has 0 aliphatic rings. The predicted molar refractivity (Wildman–Crippen MR) is 94.9 cm³/mol. The van der Waals surface area contributed by atoms with Crippen LogP contribution in [0.15, 0.2) is 48.5 Å². The molecule has 24 heavy (non-hydrogen) atoms. The number of hydrogen-bond donors (Lipinski definition) is 2. The summed E-state index contributed by atoms with van der Waals surface area (Å²) in [6.07, 6.45) is 0. The largest absolute Gasteiger partial charge is 0.497 e. The molecule has 1 unspecified atom stereocenters. The number of quaternary nitrogens is 1. The Hall–Kier alpha value is -2.53. The van der Waals surface area contributed by atoms with Crippen LogP contribution in [0.4, 0.5) is 5.69 Å². The zero-order valence-corrected chi connectivity index (χ0v) is 14.5. The van der Waals surface area contributed by atoms with Gasteiger partial charge < -0.3 is 19.7 Å². The Morgan fingerprint density at radius 1 is 1.17 bits per heavy atom. The number of likely N-dealkylation sites (N-methyl/N-ethyl adjacent to an activating group) is 1. The van der Waals surface area contributed by atoms with Gasteiger partial charge >= 0.3 is 0 Å². The van der Waals surface area contributed by atoms with Crippen molar-refractivity contribution < 1.29 is 19.2 Å². The van der Waals surface area contributed by atoms with Gasteiger partial charge in [-0.1, -0.05) is 24.3 Å². The highest BCUT2D eigenvalue weighted by atomic mass is 16.5. The van der Waals surface area contributed by atoms with Gasteiger partial charge in [-0.25, -0.2) is 0 Å². The number of methoxy groups -OCH3 is 1. The molecule has 0 spiro atoms. The Balaban J connectivity index is 1.74. The van der Waals surface area contributed by atoms with Crippen LogP contribution in [0.2, 0.25) is 0 Å². The second-order valence-corrected chi connectivity index (χ2v) is 5.78. The van der Waals surface area contributed by atoms with Crippen LogP contribution in [0.5, 0.6) is 11.5 Å². The average molecular weight is 329 g/mol. The second-order valence-electron chi connectivity index (χ2n) is 5.78. The molecule has 0 saturated heterocycles. The van der Waals surface area contributed by atoms with E-state index in [1.165, 1.54) is 0 Å². The Kier molecular flexibility index (Phi) is 6.63. The third-order valence-corrected chi connectivity index (χ3v) is 3.70. The second kappa shape index (κ2) is 8.93. The first-order valence-electron chi connectivity index (χ1n) is 8.02. The maximum atomic E-state index is 12.1. The Morgan fingerprint density at radius 2 is 1.96 bits per heavy atom. The fraction of sp³-hybridized carbons (Fsp3) is 0.316. The van der Waals surface area contributed by atoms with Gasteiger partial charge in [0.15, 0.2) is 6.54 Å². The molecular formula is C19H25N2O3+. The van der Waals surface area contributed by atoms with Crippen molar-refractivity contribution in [2.24, 2.45) is 0 Å². The smallest absolute Gasteiger partial charge is 0.279 e. The molecule has 0 bridgehead atoms. The molecule has 0 aliphatic carbocycles. The molecule has 0 aromatic heterocycles. The van der Waals surface area contributed by atoms with Crippen molar-refractivity contribution >= 4 is 11.6 Å². The van der Waals surface area contributed by atoms with E-state index >= 15 is 0 Å². The number of ether oxygens (including phenoxy) is 2. The first-order chi connectivity index (χ1) is 11.6. The monoisotopic (exact) mass is 329 g/mol. The van der Waals surface area contributed by atoms with Crippen molar-refractivity contribution in [1.82, 2.24) is 0 Å². The highest BCUT2D eigenvalue weighted by Crippen LogP contribution is 2.16. The van der Waals surface area contributed by atoms with E-state index in [9.17, 15) is 4.79 Å². The lowest BCUT2D eigenvalue weighted by Gasteiger charge is -2.15. The molecule has 128 valence electrons. The lowest BCUT2D eigenvalue weighted by atomic mass is 10.2. The maximum absolute atomic E-state index is 12.1. The number of rotatable bonds is 8. The first-order valence-corrected chi connectivity index (χ1v) is 8.02. The van der Waals surface area contributed by atoms with E-state index in [0.29, 0.717) is 13.2 Å². The van der Waals surface area contributed by atoms with Crippen molar-refractivity contribution in [2.75, 3.05) is 39.2 Å². The van der Waals surface area contributed by atoms with Crippen LogP contribution in [0.1, 0.15) is 5.56 Å². The number of carbonyl (C=O) groups is 1. The average Bonchev–Trinajstić information content (AvgIpc) is 2.56. The topological polar surface area (TPSA) is 52.0 Å². The molecule has 5 nitrogen and oxygen atoms in total. The van der Waals surface area contributed by atoms with Crippen LogP contribution < -0.4 is 19.7 Å². The molecular weight excluding hydrogens is 304 g/mol. The number of aryl methyl sites for hydroxylation is 1. The summed E-state index contributed by atoms with van der Waals surface area (Å²) in [4.78, 5) is 13.2. The van der Waals surface area contributed by atoms with Crippen molar-refractivity contribution in [1.29, 1.82) is 0 Å². The standard InChI is InChI=1S/C19H24N2O3/c1-15-7-4-5-10-18(15)24-12-11-21(2)14-19(22)20-16-8-6-9-17(13-16)23-3/h4-10,13H,11-12,14H2,1-3H3,(H,20,22)/p+1. The molecule has 2 aromatic carbocycles. The van der Waals surface area contributed by atoms with Gasteiger partial charge in [-0.3, -0.25) is 4.79 Å². The molecule has 0 heterocycles. The minimum Gasteiger partial charge on any atom is -0.497 e. The summed E-state index contributed by atoms with van der Waals surface area (Å²) in [5.74, 6) is 1.59. The number of anilines is 1. The van der Waals surface area contributed by atoms with E-state index in [1.807, 2.05) is 56.4 Å². The van der Waals surface area contributed by atoms with Gasteiger partial charge in [0, 0.05) is 11.8 Å². The first kappa shape index (κ1) is 17.8. The van der Waals surface area contributed by atoms with E-state index in [0.717, 1.165) is 34.2 Å². The number of carbonyl (C=O) groups excluding carboxylic acids is 1. The maximum Gasteiger partial charge on any atom is 0.279 e. The van der Waals surface area contributed by atoms with E-state index in [4.69, 9.17) is 9.47 Å². The summed E-state index contributed by atoms with van der Waals surface area (Å²) in [7, 11) is 3.58. The number of nitrogens with one attached hydrogen (secondary N) is 2. The number of hydrogen-bond acceptors (Lipinski definition) is 3. The van der Waals surface area contributed by atoms with Crippen LogP contribution in [-0.2, 0) is 4.79 Å². The molecule has 1 atom stereocenters. The van der Waals surface area contributed by atoms with Crippen molar-refractivity contribution in [3.8, 4) is 11.5 Å². The van der Waals surface area contributed by atoms with Crippen molar-refractivity contribution in [2.45, 2.75) is 6.92 Å². The fourth-order valence-corrected chi connectivity index (χ4v) is 2.32. The van der Waals surface area contributed by atoms with Gasteiger partial charge in [-0.05, 0) is 30.7 Å². The van der Waals surface area contributed by atoms with Crippen LogP contribution in [0, 0.1) is 6.92 Å². The third kappa shape index (κ3) is 5.59. The Bertz CT molecular complexity index is 673. The van der Waals surface area contributed by atoms with Gasteiger partial charge in [0.25, 0.3) is 5.91 Å². The molecule has 2 rings (SSSR count). The molecule has 2 aromatic rings. The SMILES string of the molecule is COc1cccc(NC(=O)C[NH+](C)CCOc2ccccc2C)c1. The minimum absolute atomic E-state index is 0.0309. The molecule has 1 amide bonds. The lowest BCUT2D eigenvalue weighted by Crippen LogP contribution is -3.10. The van der Waals surface area contributed by atoms with E-state index < -0.39 is 0 Å². The van der Waals surface area contributed by atoms with Gasteiger partial charge in [-0.2, -0.15) is 0 Å². The lowest BCUT2D eigenvalue weighted by molar-refractivity contribution is -0.871. The molecule has 5 heteroatoms. The Labute approximate surface area is 143 Å². The van der Waals surface area contributed by atoms with Crippen LogP contribution >= 0.6 is 0 Å². The summed E-state index contributed by atoms with van der Waals surface area (Å²) in [5.41, 5.74) is 1.86. The van der Waals surface area contributed by atoms with Crippen molar-refractivity contribution in [3.63, 3.8) is 0 Å². The molecule has 0 aliphatic heterocycles. The third-order valence-electron chi connectivity index (χ3n) is 3.70. The number of para-hydroxylation sites is 1. The van der Waals surface area contributed by atoms with Crippen LogP contribution in [0.25, 0.3) is 0 Å². The van der Waals surface area contributed by atoms with Crippen LogP contribution in [0.3, 0.4) is 0 Å². The summed E-state index contributed by atoms with van der Waals surface area (Å²) in [6, 6.07) is 15.3. The van der Waals surface area contributed by atoms with Gasteiger partial charge in [0.05, 0.1) is 14.2 Å². The number of amides is 1. The summed E-state index contributed by atoms with van der Waals surface area (Å²) in [5, 5.41) is 2.88. The fourth-order valence-electron chi connectivity index (χ4n) is 2.32. The van der Waals surface area contributed by atoms with Crippen LogP contribution in [-0.4, -0.2) is 39.8 Å². The molecule has 0 saturated carbocycles. The molecule has 0 fully saturated rings. The zero-order valence-electron chi connectivity index (χ0n) is 14.5. The molecule has 0 radical (unpaired) electrons. The van der Waals surface area contributed by atoms with Crippen molar-refractivity contribution in [3.05, 3.63) is 54.1 Å². The quantitative estimate of drug-likeness (QED) is 0.772. The summed E-state index contributed by atoms with van der Waals surface area (Å²) in [6.45, 7) is 3.73. The highest BCUT2D eigenvalue weighted by Gasteiger charge is 2.11. The van der Waals surface area contributed by atoms with Gasteiger partial charge in [0.1, 0.15) is 24.7 Å². The number of benzene rings is 2. The Morgan fingerprint density at radius 3 is 2.71 bits per heavy atom. The van der Waals surface area contributed by atoms with Gasteiger partial charge in [-0.15, -0.1) is 0 Å².